The van der Waals surface area contributed by atoms with Gasteiger partial charge in [0.15, 0.2) is 8.24 Å². The van der Waals surface area contributed by atoms with Crippen LogP contribution in [-0.4, -0.2) is 32.2 Å². The molecular weight excluding hydrogens is 502 g/mol. The van der Waals surface area contributed by atoms with Crippen LogP contribution < -0.4 is 9.47 Å². The van der Waals surface area contributed by atoms with Gasteiger partial charge in [0.25, 0.3) is 5.91 Å². The van der Waals surface area contributed by atoms with E-state index in [-0.39, 0.29) is 5.91 Å². The summed E-state index contributed by atoms with van der Waals surface area (Å²) in [6.07, 6.45) is 1.83. The van der Waals surface area contributed by atoms with E-state index in [9.17, 15) is 4.79 Å². The number of hydrogen-bond acceptors (Lipinski definition) is 4. The molecule has 0 saturated heterocycles. The highest BCUT2D eigenvalue weighted by atomic mass is 35.5. The van der Waals surface area contributed by atoms with Gasteiger partial charge in [-0.25, -0.2) is 4.98 Å². The summed E-state index contributed by atoms with van der Waals surface area (Å²) in [5.74, 6) is 0.0685. The predicted octanol–water partition coefficient (Wildman–Crippen LogP) is 8.20. The van der Waals surface area contributed by atoms with Crippen molar-refractivity contribution in [2.75, 3.05) is 22.6 Å². The van der Waals surface area contributed by atoms with Crippen molar-refractivity contribution < 1.29 is 4.79 Å². The fourth-order valence-electron chi connectivity index (χ4n) is 6.99. The topological polar surface area (TPSA) is 36.4 Å². The number of carbonyl (C=O) groups excluding carboxylic acids is 1. The summed E-state index contributed by atoms with van der Waals surface area (Å²) in [5, 5.41) is 1.58. The number of amides is 1. The van der Waals surface area contributed by atoms with Gasteiger partial charge in [-0.3, -0.25) is 4.79 Å². The second-order valence-electron chi connectivity index (χ2n) is 11.1. The van der Waals surface area contributed by atoms with E-state index in [1.165, 1.54) is 22.6 Å². The zero-order valence-corrected chi connectivity index (χ0v) is 24.7. The first-order valence-corrected chi connectivity index (χ1v) is 16.5. The Labute approximate surface area is 225 Å². The first-order valence-electron chi connectivity index (χ1n) is 13.1. The van der Waals surface area contributed by atoms with Gasteiger partial charge in [0, 0.05) is 41.5 Å². The monoisotopic (exact) mass is 537 g/mol. The number of hydrogen-bond donors (Lipinski definition) is 0. The van der Waals surface area contributed by atoms with Crippen molar-refractivity contribution in [3.63, 3.8) is 0 Å². The van der Waals surface area contributed by atoms with Crippen molar-refractivity contribution in [2.24, 2.45) is 0 Å². The first-order chi connectivity index (χ1) is 17.1. The van der Waals surface area contributed by atoms with Crippen LogP contribution in [0, 0.1) is 0 Å². The number of nitrogens with zero attached hydrogens (tertiary/aromatic N) is 3. The number of benzene rings is 2. The van der Waals surface area contributed by atoms with E-state index in [4.69, 9.17) is 16.6 Å². The number of carbonyl (C=O) groups is 1. The van der Waals surface area contributed by atoms with E-state index < -0.39 is 8.24 Å². The summed E-state index contributed by atoms with van der Waals surface area (Å²) in [4.78, 5) is 21.1. The number of anilines is 2. The smallest absolute Gasteiger partial charge is 0.270 e. The molecule has 7 heteroatoms. The lowest BCUT2D eigenvalue weighted by Crippen LogP contribution is -2.60. The Morgan fingerprint density at radius 1 is 0.917 bits per heavy atom. The third kappa shape index (κ3) is 4.02. The average molecular weight is 538 g/mol. The summed E-state index contributed by atoms with van der Waals surface area (Å²) in [6.45, 7) is 16.3. The van der Waals surface area contributed by atoms with Crippen molar-refractivity contribution in [3.8, 4) is 10.6 Å². The van der Waals surface area contributed by atoms with Crippen molar-refractivity contribution >= 4 is 48.5 Å². The maximum atomic E-state index is 13.6. The zero-order valence-electron chi connectivity index (χ0n) is 22.1. The van der Waals surface area contributed by atoms with Crippen molar-refractivity contribution in [2.45, 2.75) is 71.0 Å². The van der Waals surface area contributed by atoms with E-state index in [1.807, 2.05) is 29.2 Å². The highest BCUT2D eigenvalue weighted by Crippen LogP contribution is 2.49. The van der Waals surface area contributed by atoms with Crippen LogP contribution in [0.5, 0.6) is 0 Å². The standard InChI is InChI=1S/C29H36ClN3OSSi/c1-18(2)36(19(3)4,20(5)6)33-16-13-22-17-24(11-12-26(22)33)32-15-14-25-27(29(32)34)35-28(31-25)21-7-9-23(30)10-8-21/h7-12,17-20H,13-16H2,1-6H3. The normalized spacial score (nSPS) is 15.9. The molecule has 0 saturated carbocycles. The number of thiazole rings is 1. The Morgan fingerprint density at radius 2 is 1.58 bits per heavy atom. The van der Waals surface area contributed by atoms with Gasteiger partial charge in [0.2, 0.25) is 0 Å². The second kappa shape index (κ2) is 9.62. The molecule has 3 heterocycles. The minimum absolute atomic E-state index is 0.0685. The van der Waals surface area contributed by atoms with Gasteiger partial charge in [-0.2, -0.15) is 0 Å². The third-order valence-electron chi connectivity index (χ3n) is 8.31. The number of halogens is 1. The molecular formula is C29H36ClN3OSSi. The van der Waals surface area contributed by atoms with E-state index >= 15 is 0 Å². The molecule has 2 aromatic carbocycles. The zero-order chi connectivity index (χ0) is 25.8. The third-order valence-corrected chi connectivity index (χ3v) is 16.6. The van der Waals surface area contributed by atoms with Crippen molar-refractivity contribution in [1.82, 2.24) is 4.98 Å². The molecule has 0 fully saturated rings. The van der Waals surface area contributed by atoms with Gasteiger partial charge >= 0.3 is 0 Å². The molecule has 4 nitrogen and oxygen atoms in total. The SMILES string of the molecule is CC(C)[Si](C(C)C)(C(C)C)N1CCc2cc(N3CCc4nc(-c5ccc(Cl)cc5)sc4C3=O)ccc21. The Morgan fingerprint density at radius 3 is 2.22 bits per heavy atom. The summed E-state index contributed by atoms with van der Waals surface area (Å²) < 4.78 is 2.81. The maximum Gasteiger partial charge on any atom is 0.270 e. The molecule has 1 amide bonds. The van der Waals surface area contributed by atoms with Gasteiger partial charge in [0.1, 0.15) is 9.88 Å². The van der Waals surface area contributed by atoms with E-state index in [2.05, 4.69) is 64.3 Å². The molecule has 1 aromatic heterocycles. The van der Waals surface area contributed by atoms with Crippen LogP contribution in [0.15, 0.2) is 42.5 Å². The highest BCUT2D eigenvalue weighted by Gasteiger charge is 2.50. The second-order valence-corrected chi connectivity index (χ2v) is 18.3. The van der Waals surface area contributed by atoms with Crippen LogP contribution in [0.3, 0.4) is 0 Å². The Balaban J connectivity index is 1.44. The maximum absolute atomic E-state index is 13.6. The van der Waals surface area contributed by atoms with Crippen LogP contribution in [0.2, 0.25) is 21.6 Å². The largest absolute Gasteiger partial charge is 0.396 e. The molecule has 190 valence electrons. The van der Waals surface area contributed by atoms with E-state index in [1.54, 1.807) is 0 Å². The lowest BCUT2D eigenvalue weighted by molar-refractivity contribution is 0.0984. The number of aromatic nitrogens is 1. The lowest BCUT2D eigenvalue weighted by atomic mass is 10.1. The highest BCUT2D eigenvalue weighted by molar-refractivity contribution is 7.17. The molecule has 5 rings (SSSR count). The van der Waals surface area contributed by atoms with E-state index in [0.717, 1.165) is 46.2 Å². The molecule has 2 aliphatic rings. The Hall–Kier alpha value is -2.15. The number of rotatable bonds is 6. The van der Waals surface area contributed by atoms with Crippen LogP contribution in [-0.2, 0) is 12.8 Å². The summed E-state index contributed by atoms with van der Waals surface area (Å²) in [7, 11) is -1.76. The van der Waals surface area contributed by atoms with Crippen LogP contribution >= 0.6 is 22.9 Å². The molecule has 3 aromatic rings. The molecule has 2 aliphatic heterocycles. The molecule has 0 radical (unpaired) electrons. The van der Waals surface area contributed by atoms with Gasteiger partial charge in [-0.1, -0.05) is 65.3 Å². The average Bonchev–Trinajstić information content (AvgIpc) is 3.45. The van der Waals surface area contributed by atoms with Gasteiger partial charge in [-0.15, -0.1) is 11.3 Å². The van der Waals surface area contributed by atoms with Crippen molar-refractivity contribution in [3.05, 3.63) is 63.6 Å². The Kier molecular flexibility index (Phi) is 6.81. The molecule has 0 unspecified atom stereocenters. The lowest BCUT2D eigenvalue weighted by Gasteiger charge is -2.51. The molecule has 0 N–H and O–H groups in total. The molecule has 0 bridgehead atoms. The number of fused-ring (bicyclic) bond motifs is 2. The van der Waals surface area contributed by atoms with Gasteiger partial charge in [0.05, 0.1) is 5.69 Å². The molecule has 36 heavy (non-hydrogen) atoms. The molecule has 0 spiro atoms. The quantitative estimate of drug-likeness (QED) is 0.297. The summed E-state index contributed by atoms with van der Waals surface area (Å²) >= 11 is 7.54. The predicted molar refractivity (Wildman–Crippen MR) is 156 cm³/mol. The Bertz CT molecular complexity index is 1260. The fraction of sp³-hybridized carbons (Fsp3) is 0.448. The fourth-order valence-corrected chi connectivity index (χ4v) is 15.2. The van der Waals surface area contributed by atoms with Gasteiger partial charge < -0.3 is 9.47 Å². The summed E-state index contributed by atoms with van der Waals surface area (Å²) in [5.41, 5.74) is 7.73. The summed E-state index contributed by atoms with van der Waals surface area (Å²) in [6, 6.07) is 14.4. The minimum atomic E-state index is -1.76. The van der Waals surface area contributed by atoms with Crippen LogP contribution in [0.4, 0.5) is 11.4 Å². The van der Waals surface area contributed by atoms with Crippen LogP contribution in [0.1, 0.15) is 62.5 Å². The minimum Gasteiger partial charge on any atom is -0.396 e. The van der Waals surface area contributed by atoms with Crippen LogP contribution in [0.25, 0.3) is 10.6 Å². The molecule has 0 atom stereocenters. The van der Waals surface area contributed by atoms with E-state index in [0.29, 0.717) is 28.2 Å². The first kappa shape index (κ1) is 25.5. The molecule has 0 aliphatic carbocycles. The van der Waals surface area contributed by atoms with Crippen molar-refractivity contribution in [1.29, 1.82) is 0 Å². The van der Waals surface area contributed by atoms with Gasteiger partial charge in [-0.05, 0) is 58.9 Å².